The number of aliphatic hydroxyl groups is 1. The number of hydrogen-bond acceptors (Lipinski definition) is 5. The van der Waals surface area contributed by atoms with Gasteiger partial charge >= 0.3 is 0 Å². The van der Waals surface area contributed by atoms with E-state index in [0.717, 1.165) is 16.0 Å². The lowest BCUT2D eigenvalue weighted by molar-refractivity contribution is 0.275. The van der Waals surface area contributed by atoms with E-state index in [1.807, 2.05) is 6.92 Å². The fourth-order valence-electron chi connectivity index (χ4n) is 1.81. The van der Waals surface area contributed by atoms with Gasteiger partial charge in [0.15, 0.2) is 0 Å². The molecule has 1 aromatic carbocycles. The highest BCUT2D eigenvalue weighted by Gasteiger charge is 2.18. The Kier molecular flexibility index (Phi) is 4.72. The van der Waals surface area contributed by atoms with Crippen molar-refractivity contribution in [2.24, 2.45) is 0 Å². The lowest BCUT2D eigenvalue weighted by atomic mass is 10.1. The van der Waals surface area contributed by atoms with Gasteiger partial charge in [0.2, 0.25) is 10.0 Å². The highest BCUT2D eigenvalue weighted by molar-refractivity contribution is 7.89. The number of aliphatic hydroxyl groups excluding tert-OH is 1. The number of sulfonamides is 1. The molecule has 0 spiro atoms. The zero-order valence-electron chi connectivity index (χ0n) is 11.6. The molecule has 1 heterocycles. The van der Waals surface area contributed by atoms with Crippen LogP contribution < -0.4 is 4.72 Å². The average molecular weight is 330 g/mol. The topological polar surface area (TPSA) is 79.3 Å². The highest BCUT2D eigenvalue weighted by atomic mass is 32.2. The molecule has 0 bridgehead atoms. The number of halogens is 1. The molecule has 0 unspecified atom stereocenters. The van der Waals surface area contributed by atoms with E-state index in [4.69, 9.17) is 5.11 Å². The Morgan fingerprint density at radius 2 is 2.10 bits per heavy atom. The van der Waals surface area contributed by atoms with Gasteiger partial charge in [0.25, 0.3) is 0 Å². The molecule has 114 valence electrons. The molecule has 2 aromatic rings. The fourth-order valence-corrected chi connectivity index (χ4v) is 3.78. The molecule has 8 heteroatoms. The second-order valence-corrected chi connectivity index (χ2v) is 7.63. The Balaban J connectivity index is 2.25. The minimum atomic E-state index is -3.77. The zero-order chi connectivity index (χ0) is 15.6. The number of aromatic nitrogens is 1. The monoisotopic (exact) mass is 330 g/mol. The van der Waals surface area contributed by atoms with Gasteiger partial charge in [0, 0.05) is 23.2 Å². The molecule has 0 saturated heterocycles. The SMILES string of the molecule is Cc1ncc(CNS(=O)(=O)c2cc(C)c(F)c(CO)c2)s1. The molecule has 0 aliphatic rings. The van der Waals surface area contributed by atoms with Gasteiger partial charge in [0.1, 0.15) is 5.82 Å². The summed E-state index contributed by atoms with van der Waals surface area (Å²) in [6, 6.07) is 2.39. The van der Waals surface area contributed by atoms with Crippen LogP contribution in [0.15, 0.2) is 23.2 Å². The third-order valence-corrected chi connectivity index (χ3v) is 5.18. The predicted octanol–water partition coefficient (Wildman–Crippen LogP) is 1.87. The molecule has 0 atom stereocenters. The van der Waals surface area contributed by atoms with Crippen molar-refractivity contribution < 1.29 is 17.9 Å². The van der Waals surface area contributed by atoms with Gasteiger partial charge in [-0.3, -0.25) is 0 Å². The summed E-state index contributed by atoms with van der Waals surface area (Å²) in [4.78, 5) is 4.77. The van der Waals surface area contributed by atoms with Crippen LogP contribution in [0.1, 0.15) is 21.0 Å². The van der Waals surface area contributed by atoms with Gasteiger partial charge < -0.3 is 5.11 Å². The standard InChI is InChI=1S/C13H15FN2O3S2/c1-8-3-12(4-10(7-17)13(8)14)21(18,19)16-6-11-5-15-9(2)20-11/h3-5,16-17H,6-7H2,1-2H3. The summed E-state index contributed by atoms with van der Waals surface area (Å²) in [6.07, 6.45) is 1.61. The summed E-state index contributed by atoms with van der Waals surface area (Å²) in [5, 5.41) is 9.93. The molecular weight excluding hydrogens is 315 g/mol. The van der Waals surface area contributed by atoms with Crippen molar-refractivity contribution >= 4 is 21.4 Å². The molecular formula is C13H15FN2O3S2. The Morgan fingerprint density at radius 1 is 1.38 bits per heavy atom. The molecule has 2 rings (SSSR count). The first-order chi connectivity index (χ1) is 9.83. The minimum Gasteiger partial charge on any atom is -0.392 e. The third kappa shape index (κ3) is 3.65. The van der Waals surface area contributed by atoms with Gasteiger partial charge in [0.05, 0.1) is 16.5 Å². The molecule has 5 nitrogen and oxygen atoms in total. The van der Waals surface area contributed by atoms with Gasteiger partial charge in [-0.2, -0.15) is 0 Å². The summed E-state index contributed by atoms with van der Waals surface area (Å²) in [5.41, 5.74) is 0.138. The molecule has 2 N–H and O–H groups in total. The van der Waals surface area contributed by atoms with Crippen molar-refractivity contribution in [3.05, 3.63) is 45.2 Å². The predicted molar refractivity (Wildman–Crippen MR) is 77.9 cm³/mol. The van der Waals surface area contributed by atoms with Gasteiger partial charge in [-0.05, 0) is 31.5 Å². The first-order valence-corrected chi connectivity index (χ1v) is 8.44. The fraction of sp³-hybridized carbons (Fsp3) is 0.308. The Bertz CT molecular complexity index is 757. The number of hydrogen-bond donors (Lipinski definition) is 2. The van der Waals surface area contributed by atoms with E-state index in [2.05, 4.69) is 9.71 Å². The molecule has 1 aromatic heterocycles. The van der Waals surface area contributed by atoms with E-state index < -0.39 is 22.4 Å². The zero-order valence-corrected chi connectivity index (χ0v) is 13.2. The minimum absolute atomic E-state index is 0.0380. The number of nitrogens with one attached hydrogen (secondary N) is 1. The van der Waals surface area contributed by atoms with Gasteiger partial charge in [-0.15, -0.1) is 11.3 Å². The van der Waals surface area contributed by atoms with Crippen LogP contribution in [0.4, 0.5) is 4.39 Å². The number of benzene rings is 1. The van der Waals surface area contributed by atoms with E-state index in [1.165, 1.54) is 24.3 Å². The normalized spacial score (nSPS) is 11.8. The van der Waals surface area contributed by atoms with Crippen LogP contribution in [0.2, 0.25) is 0 Å². The quantitative estimate of drug-likeness (QED) is 0.877. The lowest BCUT2D eigenvalue weighted by Gasteiger charge is -2.09. The molecule has 0 aliphatic heterocycles. The van der Waals surface area contributed by atoms with Crippen LogP contribution in [0.5, 0.6) is 0 Å². The van der Waals surface area contributed by atoms with Gasteiger partial charge in [-0.1, -0.05) is 0 Å². The van der Waals surface area contributed by atoms with E-state index >= 15 is 0 Å². The molecule has 0 fully saturated rings. The molecule has 0 radical (unpaired) electrons. The van der Waals surface area contributed by atoms with Crippen molar-refractivity contribution in [3.8, 4) is 0 Å². The molecule has 0 aliphatic carbocycles. The first kappa shape index (κ1) is 16.0. The maximum Gasteiger partial charge on any atom is 0.240 e. The van der Waals surface area contributed by atoms with Crippen molar-refractivity contribution in [2.75, 3.05) is 0 Å². The van der Waals surface area contributed by atoms with E-state index in [0.29, 0.717) is 0 Å². The van der Waals surface area contributed by atoms with Crippen LogP contribution in [0, 0.1) is 19.7 Å². The van der Waals surface area contributed by atoms with Crippen LogP contribution in [-0.4, -0.2) is 18.5 Å². The van der Waals surface area contributed by atoms with Crippen LogP contribution in [0.3, 0.4) is 0 Å². The number of thiazole rings is 1. The average Bonchev–Trinajstić information content (AvgIpc) is 2.85. The summed E-state index contributed by atoms with van der Waals surface area (Å²) >= 11 is 1.40. The van der Waals surface area contributed by atoms with Crippen molar-refractivity contribution in [2.45, 2.75) is 31.9 Å². The summed E-state index contributed by atoms with van der Waals surface area (Å²) in [5.74, 6) is -0.588. The smallest absolute Gasteiger partial charge is 0.240 e. The maximum atomic E-state index is 13.6. The van der Waals surface area contributed by atoms with Crippen molar-refractivity contribution in [1.29, 1.82) is 0 Å². The number of nitrogens with zero attached hydrogens (tertiary/aromatic N) is 1. The van der Waals surface area contributed by atoms with E-state index in [1.54, 1.807) is 6.20 Å². The Hall–Kier alpha value is -1.35. The second kappa shape index (κ2) is 6.18. The van der Waals surface area contributed by atoms with Crippen molar-refractivity contribution in [3.63, 3.8) is 0 Å². The largest absolute Gasteiger partial charge is 0.392 e. The van der Waals surface area contributed by atoms with Crippen LogP contribution in [0.25, 0.3) is 0 Å². The van der Waals surface area contributed by atoms with E-state index in [-0.39, 0.29) is 22.6 Å². The van der Waals surface area contributed by atoms with Crippen LogP contribution >= 0.6 is 11.3 Å². The maximum absolute atomic E-state index is 13.6. The summed E-state index contributed by atoms with van der Waals surface area (Å²) in [7, 11) is -3.77. The summed E-state index contributed by atoms with van der Waals surface area (Å²) < 4.78 is 40.5. The number of rotatable bonds is 5. The number of aryl methyl sites for hydroxylation is 2. The Labute approximate surface area is 126 Å². The third-order valence-electron chi connectivity index (χ3n) is 2.89. The molecule has 21 heavy (non-hydrogen) atoms. The highest BCUT2D eigenvalue weighted by Crippen LogP contribution is 2.20. The first-order valence-electron chi connectivity index (χ1n) is 6.14. The van der Waals surface area contributed by atoms with E-state index in [9.17, 15) is 12.8 Å². The van der Waals surface area contributed by atoms with Crippen molar-refractivity contribution in [1.82, 2.24) is 9.71 Å². The molecule has 0 saturated carbocycles. The summed E-state index contributed by atoms with van der Waals surface area (Å²) in [6.45, 7) is 2.86. The van der Waals surface area contributed by atoms with Gasteiger partial charge in [-0.25, -0.2) is 22.5 Å². The second-order valence-electron chi connectivity index (χ2n) is 4.54. The molecule has 0 amide bonds. The lowest BCUT2D eigenvalue weighted by Crippen LogP contribution is -2.23. The Morgan fingerprint density at radius 3 is 2.67 bits per heavy atom. The van der Waals surface area contributed by atoms with Crippen LogP contribution in [-0.2, 0) is 23.2 Å².